The van der Waals surface area contributed by atoms with Crippen LogP contribution in [0.2, 0.25) is 0 Å². The number of hydrogen-bond acceptors (Lipinski definition) is 7. The van der Waals surface area contributed by atoms with Crippen molar-refractivity contribution >= 4 is 17.3 Å². The van der Waals surface area contributed by atoms with Crippen LogP contribution >= 0.6 is 0 Å². The molecule has 2 aromatic heterocycles. The Hall–Kier alpha value is -3.24. The fourth-order valence-corrected chi connectivity index (χ4v) is 3.61. The molecule has 174 valence electrons. The molecule has 1 aromatic carbocycles. The third-order valence-electron chi connectivity index (χ3n) is 5.21. The summed E-state index contributed by atoms with van der Waals surface area (Å²) in [7, 11) is 0. The molecule has 0 radical (unpaired) electrons. The molecule has 0 atom stereocenters. The van der Waals surface area contributed by atoms with Crippen molar-refractivity contribution in [1.82, 2.24) is 19.9 Å². The average Bonchev–Trinajstić information content (AvgIpc) is 2.79. The van der Waals surface area contributed by atoms with Gasteiger partial charge in [0.05, 0.1) is 18.9 Å². The van der Waals surface area contributed by atoms with Crippen LogP contribution in [0, 0.1) is 6.92 Å². The highest BCUT2D eigenvalue weighted by Crippen LogP contribution is 2.30. The summed E-state index contributed by atoms with van der Waals surface area (Å²) in [5.74, 6) is -0.113. The maximum absolute atomic E-state index is 12.9. The van der Waals surface area contributed by atoms with E-state index >= 15 is 0 Å². The molecule has 0 spiro atoms. The molecule has 0 unspecified atom stereocenters. The molecule has 1 aliphatic rings. The second kappa shape index (κ2) is 10.1. The van der Waals surface area contributed by atoms with E-state index < -0.39 is 11.9 Å². The Morgan fingerprint density at radius 3 is 2.61 bits per heavy atom. The molecule has 0 amide bonds. The zero-order valence-corrected chi connectivity index (χ0v) is 18.2. The number of rotatable bonds is 7. The van der Waals surface area contributed by atoms with Gasteiger partial charge in [-0.25, -0.2) is 9.97 Å². The molecule has 4 rings (SSSR count). The third-order valence-corrected chi connectivity index (χ3v) is 5.21. The lowest BCUT2D eigenvalue weighted by atomic mass is 10.0. The maximum Gasteiger partial charge on any atom is 0.433 e. The van der Waals surface area contributed by atoms with Crippen LogP contribution in [-0.4, -0.2) is 59.2 Å². The first-order valence-electron chi connectivity index (χ1n) is 10.7. The Balaban J connectivity index is 1.46. The number of ether oxygens (including phenoxy) is 1. The van der Waals surface area contributed by atoms with Gasteiger partial charge in [0.2, 0.25) is 5.95 Å². The number of anilines is 3. The number of nitrogens with zero attached hydrogens (tertiary/aromatic N) is 4. The van der Waals surface area contributed by atoms with Gasteiger partial charge >= 0.3 is 6.18 Å². The summed E-state index contributed by atoms with van der Waals surface area (Å²) in [5.41, 5.74) is 3.21. The van der Waals surface area contributed by atoms with E-state index in [1.54, 1.807) is 12.4 Å². The number of aryl methyl sites for hydroxylation is 1. The summed E-state index contributed by atoms with van der Waals surface area (Å²) < 4.78 is 44.2. The molecule has 0 bridgehead atoms. The first-order valence-corrected chi connectivity index (χ1v) is 10.7. The van der Waals surface area contributed by atoms with Gasteiger partial charge in [-0.1, -0.05) is 6.07 Å². The van der Waals surface area contributed by atoms with Gasteiger partial charge < -0.3 is 15.4 Å². The van der Waals surface area contributed by atoms with Crippen molar-refractivity contribution in [2.75, 3.05) is 50.0 Å². The molecule has 3 aromatic rings. The number of nitrogens with one attached hydrogen (secondary N) is 2. The largest absolute Gasteiger partial charge is 0.433 e. The first kappa shape index (κ1) is 22.9. The van der Waals surface area contributed by atoms with Crippen LogP contribution in [-0.2, 0) is 10.9 Å². The van der Waals surface area contributed by atoms with E-state index in [0.717, 1.165) is 74.0 Å². The molecule has 0 saturated carbocycles. The Bertz CT molecular complexity index is 1090. The Labute approximate surface area is 190 Å². The Morgan fingerprint density at radius 1 is 1.03 bits per heavy atom. The summed E-state index contributed by atoms with van der Waals surface area (Å²) in [4.78, 5) is 14.2. The number of halogens is 3. The molecule has 7 nitrogen and oxygen atoms in total. The van der Waals surface area contributed by atoms with Gasteiger partial charge in [0.1, 0.15) is 5.69 Å². The molecule has 33 heavy (non-hydrogen) atoms. The molecule has 1 aliphatic heterocycles. The molecule has 1 saturated heterocycles. The lowest BCUT2D eigenvalue weighted by molar-refractivity contribution is -0.141. The fraction of sp³-hybridized carbons (Fsp3) is 0.348. The molecule has 0 aliphatic carbocycles. The van der Waals surface area contributed by atoms with Gasteiger partial charge in [0.15, 0.2) is 0 Å². The van der Waals surface area contributed by atoms with Crippen LogP contribution < -0.4 is 10.6 Å². The van der Waals surface area contributed by atoms with Crippen LogP contribution in [0.5, 0.6) is 0 Å². The number of hydrogen-bond donors (Lipinski definition) is 2. The standard InChI is InChI=1S/C23H25F3N6O/c1-16-10-17(12-19(11-16)30-22-29-3-2-21(31-22)23(24,25)26)18-13-20(15-27-14-18)28-4-5-32-6-8-33-9-7-32/h2-3,10-15,28H,4-9H2,1H3,(H,29,30,31). The van der Waals surface area contributed by atoms with Gasteiger partial charge in [-0.05, 0) is 42.3 Å². The third kappa shape index (κ3) is 6.39. The van der Waals surface area contributed by atoms with Gasteiger partial charge in [-0.2, -0.15) is 13.2 Å². The second-order valence-corrected chi connectivity index (χ2v) is 7.82. The average molecular weight is 458 g/mol. The van der Waals surface area contributed by atoms with Crippen molar-refractivity contribution in [3.8, 4) is 11.1 Å². The lowest BCUT2D eigenvalue weighted by Crippen LogP contribution is -2.39. The van der Waals surface area contributed by atoms with Gasteiger partial charge in [0.25, 0.3) is 0 Å². The lowest BCUT2D eigenvalue weighted by Gasteiger charge is -2.26. The normalized spacial score (nSPS) is 14.8. The van der Waals surface area contributed by atoms with Gasteiger partial charge in [-0.15, -0.1) is 0 Å². The highest BCUT2D eigenvalue weighted by atomic mass is 19.4. The number of pyridine rings is 1. The predicted octanol–water partition coefficient (Wildman–Crippen LogP) is 4.35. The number of benzene rings is 1. The highest BCUT2D eigenvalue weighted by Gasteiger charge is 2.32. The number of alkyl halides is 3. The Morgan fingerprint density at radius 2 is 1.82 bits per heavy atom. The second-order valence-electron chi connectivity index (χ2n) is 7.82. The minimum Gasteiger partial charge on any atom is -0.382 e. The first-order chi connectivity index (χ1) is 15.9. The molecule has 3 heterocycles. The zero-order valence-electron chi connectivity index (χ0n) is 18.2. The number of aromatic nitrogens is 3. The Kier molecular flexibility index (Phi) is 7.05. The van der Waals surface area contributed by atoms with Crippen molar-refractivity contribution < 1.29 is 17.9 Å². The van der Waals surface area contributed by atoms with Crippen LogP contribution in [0.25, 0.3) is 11.1 Å². The van der Waals surface area contributed by atoms with E-state index in [1.165, 1.54) is 0 Å². The number of morpholine rings is 1. The van der Waals surface area contributed by atoms with Crippen LogP contribution in [0.15, 0.2) is 48.9 Å². The molecule has 10 heteroatoms. The van der Waals surface area contributed by atoms with Crippen molar-refractivity contribution in [3.05, 3.63) is 60.2 Å². The van der Waals surface area contributed by atoms with Crippen molar-refractivity contribution in [2.45, 2.75) is 13.1 Å². The van der Waals surface area contributed by atoms with Gasteiger partial charge in [0, 0.05) is 56.0 Å². The maximum atomic E-state index is 12.9. The summed E-state index contributed by atoms with van der Waals surface area (Å²) >= 11 is 0. The topological polar surface area (TPSA) is 75.2 Å². The van der Waals surface area contributed by atoms with Crippen molar-refractivity contribution in [3.63, 3.8) is 0 Å². The highest BCUT2D eigenvalue weighted by molar-refractivity contribution is 5.72. The summed E-state index contributed by atoms with van der Waals surface area (Å²) in [6, 6.07) is 8.50. The summed E-state index contributed by atoms with van der Waals surface area (Å²) in [5, 5.41) is 6.28. The van der Waals surface area contributed by atoms with Crippen molar-refractivity contribution in [2.24, 2.45) is 0 Å². The monoisotopic (exact) mass is 458 g/mol. The van der Waals surface area contributed by atoms with E-state index in [4.69, 9.17) is 4.74 Å². The smallest absolute Gasteiger partial charge is 0.382 e. The van der Waals surface area contributed by atoms with E-state index in [-0.39, 0.29) is 5.95 Å². The van der Waals surface area contributed by atoms with Crippen LogP contribution in [0.3, 0.4) is 0 Å². The van der Waals surface area contributed by atoms with E-state index in [9.17, 15) is 13.2 Å². The van der Waals surface area contributed by atoms with Crippen LogP contribution in [0.4, 0.5) is 30.5 Å². The fourth-order valence-electron chi connectivity index (χ4n) is 3.61. The minimum atomic E-state index is -4.53. The van der Waals surface area contributed by atoms with Crippen molar-refractivity contribution in [1.29, 1.82) is 0 Å². The van der Waals surface area contributed by atoms with E-state index in [0.29, 0.717) is 5.69 Å². The molecular formula is C23H25F3N6O. The van der Waals surface area contributed by atoms with E-state index in [2.05, 4.69) is 30.5 Å². The summed E-state index contributed by atoms with van der Waals surface area (Å²) in [6.45, 7) is 7.04. The molecule has 2 N–H and O–H groups in total. The minimum absolute atomic E-state index is 0.113. The summed E-state index contributed by atoms with van der Waals surface area (Å²) in [6.07, 6.45) is 0.0869. The quantitative estimate of drug-likeness (QED) is 0.545. The molecular weight excluding hydrogens is 433 g/mol. The van der Waals surface area contributed by atoms with Gasteiger partial charge in [-0.3, -0.25) is 9.88 Å². The molecule has 1 fully saturated rings. The predicted molar refractivity (Wildman–Crippen MR) is 120 cm³/mol. The van der Waals surface area contributed by atoms with E-state index in [1.807, 2.05) is 31.2 Å². The van der Waals surface area contributed by atoms with Crippen LogP contribution in [0.1, 0.15) is 11.3 Å². The zero-order chi connectivity index (χ0) is 23.3. The SMILES string of the molecule is Cc1cc(Nc2nccc(C(F)(F)F)n2)cc(-c2cncc(NCCN3CCOCC3)c2)c1.